The Morgan fingerprint density at radius 3 is 1.36 bits per heavy atom. The maximum absolute atomic E-state index is 3.49. The lowest BCUT2D eigenvalue weighted by Crippen LogP contribution is -1.93. The van der Waals surface area contributed by atoms with Crippen LogP contribution in [0.2, 0.25) is 0 Å². The number of hydrogen-bond acceptors (Lipinski definition) is 0. The van der Waals surface area contributed by atoms with Crippen molar-refractivity contribution in [2.45, 2.75) is 79.1 Å². The van der Waals surface area contributed by atoms with E-state index < -0.39 is 0 Å². The highest BCUT2D eigenvalue weighted by molar-refractivity contribution is 5.55. The normalized spacial score (nSPS) is 10.1. The first-order chi connectivity index (χ1) is 20.6. The van der Waals surface area contributed by atoms with Crippen molar-refractivity contribution in [3.05, 3.63) is 141 Å². The zero-order valence-electron chi connectivity index (χ0n) is 25.7. The topological polar surface area (TPSA) is 0 Å². The van der Waals surface area contributed by atoms with Crippen LogP contribution in [0.15, 0.2) is 84.9 Å². The van der Waals surface area contributed by atoms with Crippen LogP contribution in [0.5, 0.6) is 0 Å². The molecule has 0 aromatic heterocycles. The van der Waals surface area contributed by atoms with Crippen molar-refractivity contribution in [1.29, 1.82) is 0 Å². The lowest BCUT2D eigenvalue weighted by Gasteiger charge is -2.06. The van der Waals surface area contributed by atoms with Crippen LogP contribution < -0.4 is 0 Å². The van der Waals surface area contributed by atoms with Crippen molar-refractivity contribution in [2.75, 3.05) is 0 Å². The van der Waals surface area contributed by atoms with E-state index in [1.807, 2.05) is 0 Å². The highest BCUT2D eigenvalue weighted by Gasteiger charge is 2.04. The summed E-state index contributed by atoms with van der Waals surface area (Å²) in [5.74, 6) is 20.3. The van der Waals surface area contributed by atoms with E-state index in [9.17, 15) is 0 Å². The molecule has 210 valence electrons. The van der Waals surface area contributed by atoms with Gasteiger partial charge in [-0.05, 0) is 110 Å². The molecular weight excluding hydrogens is 504 g/mol. The van der Waals surface area contributed by atoms with Crippen molar-refractivity contribution in [3.8, 4) is 35.5 Å². The first-order valence-corrected chi connectivity index (χ1v) is 15.6. The monoisotopic (exact) mass is 546 g/mol. The predicted octanol–water partition coefficient (Wildman–Crippen LogP) is 9.83. The number of aryl methyl sites for hydroxylation is 4. The molecule has 0 aliphatic heterocycles. The molecule has 0 fully saturated rings. The number of benzene rings is 4. The van der Waals surface area contributed by atoms with Gasteiger partial charge in [0.15, 0.2) is 0 Å². The first kappa shape index (κ1) is 30.5. The van der Waals surface area contributed by atoms with Gasteiger partial charge in [0, 0.05) is 33.4 Å². The summed E-state index contributed by atoms with van der Waals surface area (Å²) in [4.78, 5) is 0. The van der Waals surface area contributed by atoms with E-state index in [-0.39, 0.29) is 0 Å². The summed E-state index contributed by atoms with van der Waals surface area (Å²) in [6, 6.07) is 30.0. The molecule has 0 radical (unpaired) electrons. The van der Waals surface area contributed by atoms with Crippen LogP contribution in [0.1, 0.15) is 109 Å². The molecule has 0 unspecified atom stereocenters. The summed E-state index contributed by atoms with van der Waals surface area (Å²) in [6.07, 6.45) is 9.06. The van der Waals surface area contributed by atoms with Crippen LogP contribution in [0.25, 0.3) is 0 Å². The molecule has 4 aromatic rings. The van der Waals surface area contributed by atoms with Crippen LogP contribution in [-0.4, -0.2) is 0 Å². The summed E-state index contributed by atoms with van der Waals surface area (Å²) >= 11 is 0. The van der Waals surface area contributed by atoms with Crippen LogP contribution >= 0.6 is 0 Å². The minimum absolute atomic E-state index is 0.986. The molecule has 0 heteroatoms. The lowest BCUT2D eigenvalue weighted by atomic mass is 9.98. The minimum atomic E-state index is 0.986. The van der Waals surface area contributed by atoms with Gasteiger partial charge in [-0.2, -0.15) is 0 Å². The molecule has 0 saturated carbocycles. The SMILES string of the molecule is CCCCCc1ccc(C#Cc2ccc(C#Cc3ccc(C#Cc4ccc(C)cc4)cc3CCC)c(CCC)c2)cc1. The van der Waals surface area contributed by atoms with E-state index in [2.05, 4.69) is 148 Å². The minimum Gasteiger partial charge on any atom is -0.0654 e. The molecule has 0 bridgehead atoms. The van der Waals surface area contributed by atoms with Gasteiger partial charge in [0.1, 0.15) is 0 Å². The van der Waals surface area contributed by atoms with Gasteiger partial charge in [-0.3, -0.25) is 0 Å². The summed E-state index contributed by atoms with van der Waals surface area (Å²) in [7, 11) is 0. The second kappa shape index (κ2) is 16.1. The Morgan fingerprint density at radius 1 is 0.429 bits per heavy atom. The first-order valence-electron chi connectivity index (χ1n) is 15.6. The quantitative estimate of drug-likeness (QED) is 0.152. The summed E-state index contributed by atoms with van der Waals surface area (Å²) in [5.41, 5.74) is 11.5. The van der Waals surface area contributed by atoms with Gasteiger partial charge >= 0.3 is 0 Å². The number of hydrogen-bond donors (Lipinski definition) is 0. The smallest absolute Gasteiger partial charge is 0.0281 e. The zero-order chi connectivity index (χ0) is 29.6. The standard InChI is InChI=1S/C42H42/c1-5-8-9-12-34-17-19-36(20-18-34)22-24-38-26-28-40(42(32-38)11-7-3)30-29-39-27-25-37(31-41(39)10-6-2)23-21-35-15-13-33(4)14-16-35/h13-20,25-28,31-32H,5-12H2,1-4H3. The van der Waals surface area contributed by atoms with Crippen molar-refractivity contribution in [2.24, 2.45) is 0 Å². The van der Waals surface area contributed by atoms with Gasteiger partial charge in [0.2, 0.25) is 0 Å². The molecule has 0 aliphatic carbocycles. The second-order valence-corrected chi connectivity index (χ2v) is 11.0. The van der Waals surface area contributed by atoms with Crippen molar-refractivity contribution in [3.63, 3.8) is 0 Å². The van der Waals surface area contributed by atoms with E-state index in [1.54, 1.807) is 0 Å². The fourth-order valence-corrected chi connectivity index (χ4v) is 4.93. The van der Waals surface area contributed by atoms with Crippen molar-refractivity contribution < 1.29 is 0 Å². The fourth-order valence-electron chi connectivity index (χ4n) is 4.93. The van der Waals surface area contributed by atoms with Crippen LogP contribution in [0, 0.1) is 42.4 Å². The van der Waals surface area contributed by atoms with Gasteiger partial charge in [-0.1, -0.05) is 112 Å². The van der Waals surface area contributed by atoms with E-state index >= 15 is 0 Å². The van der Waals surface area contributed by atoms with Gasteiger partial charge < -0.3 is 0 Å². The Bertz CT molecular complexity index is 1650. The molecule has 0 spiro atoms. The molecule has 0 heterocycles. The van der Waals surface area contributed by atoms with E-state index in [1.165, 1.54) is 41.5 Å². The van der Waals surface area contributed by atoms with Gasteiger partial charge in [0.05, 0.1) is 0 Å². The summed E-state index contributed by atoms with van der Waals surface area (Å²) < 4.78 is 0. The summed E-state index contributed by atoms with van der Waals surface area (Å²) in [5, 5.41) is 0. The van der Waals surface area contributed by atoms with E-state index in [0.29, 0.717) is 0 Å². The van der Waals surface area contributed by atoms with Gasteiger partial charge in [-0.25, -0.2) is 0 Å². The number of unbranched alkanes of at least 4 members (excludes halogenated alkanes) is 2. The van der Waals surface area contributed by atoms with Gasteiger partial charge in [-0.15, -0.1) is 0 Å². The molecule has 0 amide bonds. The third-order valence-corrected chi connectivity index (χ3v) is 7.36. The van der Waals surface area contributed by atoms with Crippen LogP contribution in [0.3, 0.4) is 0 Å². The second-order valence-electron chi connectivity index (χ2n) is 11.0. The van der Waals surface area contributed by atoms with Crippen LogP contribution in [-0.2, 0) is 19.3 Å². The Balaban J connectivity index is 1.53. The molecule has 0 saturated heterocycles. The largest absolute Gasteiger partial charge is 0.0654 e. The molecule has 0 nitrogen and oxygen atoms in total. The Hall–Kier alpha value is -4.44. The maximum Gasteiger partial charge on any atom is 0.0281 e. The maximum atomic E-state index is 3.49. The Kier molecular flexibility index (Phi) is 11.7. The Morgan fingerprint density at radius 2 is 0.881 bits per heavy atom. The predicted molar refractivity (Wildman–Crippen MR) is 180 cm³/mol. The van der Waals surface area contributed by atoms with Crippen molar-refractivity contribution >= 4 is 0 Å². The van der Waals surface area contributed by atoms with Gasteiger partial charge in [0.25, 0.3) is 0 Å². The zero-order valence-corrected chi connectivity index (χ0v) is 25.7. The van der Waals surface area contributed by atoms with Crippen LogP contribution in [0.4, 0.5) is 0 Å². The van der Waals surface area contributed by atoms with E-state index in [4.69, 9.17) is 0 Å². The molecular formula is C42H42. The lowest BCUT2D eigenvalue weighted by molar-refractivity contribution is 0.717. The molecule has 4 rings (SSSR count). The van der Waals surface area contributed by atoms with Crippen molar-refractivity contribution in [1.82, 2.24) is 0 Å². The average Bonchev–Trinajstić information content (AvgIpc) is 3.01. The molecule has 4 aromatic carbocycles. The molecule has 0 N–H and O–H groups in total. The average molecular weight is 547 g/mol. The number of rotatable bonds is 8. The molecule has 0 atom stereocenters. The molecule has 42 heavy (non-hydrogen) atoms. The Labute approximate surface area is 254 Å². The highest BCUT2D eigenvalue weighted by Crippen LogP contribution is 2.17. The highest BCUT2D eigenvalue weighted by atomic mass is 14.1. The fraction of sp³-hybridized carbons (Fsp3) is 0.286. The molecule has 0 aliphatic rings. The van der Waals surface area contributed by atoms with E-state index in [0.717, 1.165) is 65.5 Å². The third kappa shape index (κ3) is 9.31. The third-order valence-electron chi connectivity index (χ3n) is 7.36. The summed E-state index contributed by atoms with van der Waals surface area (Å²) in [6.45, 7) is 8.77.